The summed E-state index contributed by atoms with van der Waals surface area (Å²) >= 11 is 1.49. The second-order valence-corrected chi connectivity index (χ2v) is 6.54. The number of nitrogens with one attached hydrogen (secondary N) is 2. The molecule has 0 aliphatic carbocycles. The van der Waals surface area contributed by atoms with Gasteiger partial charge in [-0.05, 0) is 0 Å². The monoisotopic (exact) mass is 253 g/mol. The predicted octanol–water partition coefficient (Wildman–Crippen LogP) is 1.39. The number of rotatable bonds is 3. The highest BCUT2D eigenvalue weighted by atomic mass is 32.1. The summed E-state index contributed by atoms with van der Waals surface area (Å²) in [5, 5.41) is 7.15. The Labute approximate surface area is 106 Å². The maximum atomic E-state index is 11.9. The van der Waals surface area contributed by atoms with Crippen LogP contribution in [0, 0.1) is 5.92 Å². The van der Waals surface area contributed by atoms with E-state index in [1.54, 1.807) is 6.20 Å². The van der Waals surface area contributed by atoms with E-state index < -0.39 is 0 Å². The maximum absolute atomic E-state index is 11.9. The lowest BCUT2D eigenvalue weighted by Crippen LogP contribution is -2.48. The summed E-state index contributed by atoms with van der Waals surface area (Å²) in [6, 6.07) is 0. The Morgan fingerprint density at radius 3 is 2.76 bits per heavy atom. The minimum absolute atomic E-state index is 0.00454. The summed E-state index contributed by atoms with van der Waals surface area (Å²) in [5.74, 6) is 0.596. The van der Waals surface area contributed by atoms with E-state index in [4.69, 9.17) is 0 Å². The molecule has 0 bridgehead atoms. The first-order valence-corrected chi connectivity index (χ1v) is 6.73. The van der Waals surface area contributed by atoms with Crippen molar-refractivity contribution in [3.05, 3.63) is 16.1 Å². The van der Waals surface area contributed by atoms with E-state index in [1.807, 2.05) is 0 Å². The molecule has 2 rings (SSSR count). The van der Waals surface area contributed by atoms with E-state index in [9.17, 15) is 4.79 Å². The Morgan fingerprint density at radius 1 is 1.59 bits per heavy atom. The number of hydrogen-bond acceptors (Lipinski definition) is 4. The molecule has 1 aromatic rings. The molecule has 0 atom stereocenters. The minimum atomic E-state index is 0.00454. The molecule has 0 spiro atoms. The van der Waals surface area contributed by atoms with Crippen molar-refractivity contribution < 1.29 is 4.79 Å². The SMILES string of the molecule is CC(C)(C)c1ncc(C(=O)NCC2CNC2)s1. The summed E-state index contributed by atoms with van der Waals surface area (Å²) in [4.78, 5) is 16.9. The van der Waals surface area contributed by atoms with E-state index >= 15 is 0 Å². The molecule has 0 radical (unpaired) electrons. The van der Waals surface area contributed by atoms with Crippen LogP contribution >= 0.6 is 11.3 Å². The quantitative estimate of drug-likeness (QED) is 0.856. The summed E-state index contributed by atoms with van der Waals surface area (Å²) in [6.45, 7) is 9.09. The molecular formula is C12H19N3OS. The fraction of sp³-hybridized carbons (Fsp3) is 0.667. The van der Waals surface area contributed by atoms with Gasteiger partial charge in [-0.3, -0.25) is 4.79 Å². The molecule has 1 amide bonds. The first-order valence-electron chi connectivity index (χ1n) is 5.92. The van der Waals surface area contributed by atoms with Crippen LogP contribution in [0.5, 0.6) is 0 Å². The van der Waals surface area contributed by atoms with Gasteiger partial charge in [-0.2, -0.15) is 0 Å². The zero-order chi connectivity index (χ0) is 12.5. The normalized spacial score (nSPS) is 16.6. The molecule has 1 aromatic heterocycles. The Bertz CT molecular complexity index is 404. The number of carbonyl (C=O) groups is 1. The average molecular weight is 253 g/mol. The third-order valence-electron chi connectivity index (χ3n) is 2.79. The largest absolute Gasteiger partial charge is 0.351 e. The van der Waals surface area contributed by atoms with Gasteiger partial charge >= 0.3 is 0 Å². The molecular weight excluding hydrogens is 234 g/mol. The van der Waals surface area contributed by atoms with E-state index in [1.165, 1.54) is 11.3 Å². The third kappa shape index (κ3) is 3.04. The lowest BCUT2D eigenvalue weighted by atomic mass is 9.98. The van der Waals surface area contributed by atoms with Crippen molar-refractivity contribution in [1.82, 2.24) is 15.6 Å². The highest BCUT2D eigenvalue weighted by Gasteiger charge is 2.21. The molecule has 1 aliphatic rings. The smallest absolute Gasteiger partial charge is 0.263 e. The maximum Gasteiger partial charge on any atom is 0.263 e. The second-order valence-electron chi connectivity index (χ2n) is 5.51. The lowest BCUT2D eigenvalue weighted by Gasteiger charge is -2.26. The number of amides is 1. The summed E-state index contributed by atoms with van der Waals surface area (Å²) in [7, 11) is 0. The third-order valence-corrected chi connectivity index (χ3v) is 4.21. The van der Waals surface area contributed by atoms with Crippen LogP contribution in [-0.4, -0.2) is 30.5 Å². The number of aromatic nitrogens is 1. The van der Waals surface area contributed by atoms with Crippen LogP contribution < -0.4 is 10.6 Å². The number of nitrogens with zero attached hydrogens (tertiary/aromatic N) is 1. The Balaban J connectivity index is 1.92. The molecule has 2 N–H and O–H groups in total. The van der Waals surface area contributed by atoms with Crippen LogP contribution in [0.15, 0.2) is 6.20 Å². The molecule has 4 nitrogen and oxygen atoms in total. The first-order chi connectivity index (χ1) is 7.97. The van der Waals surface area contributed by atoms with Crippen molar-refractivity contribution >= 4 is 17.2 Å². The topological polar surface area (TPSA) is 54.0 Å². The first kappa shape index (κ1) is 12.5. The van der Waals surface area contributed by atoms with Crippen molar-refractivity contribution in [2.45, 2.75) is 26.2 Å². The van der Waals surface area contributed by atoms with E-state index in [0.717, 1.165) is 24.6 Å². The van der Waals surface area contributed by atoms with Gasteiger partial charge in [0.05, 0.1) is 11.2 Å². The molecule has 0 unspecified atom stereocenters. The number of hydrogen-bond donors (Lipinski definition) is 2. The van der Waals surface area contributed by atoms with Gasteiger partial charge in [0.2, 0.25) is 0 Å². The van der Waals surface area contributed by atoms with E-state index in [2.05, 4.69) is 36.4 Å². The molecule has 17 heavy (non-hydrogen) atoms. The zero-order valence-corrected chi connectivity index (χ0v) is 11.4. The second kappa shape index (κ2) is 4.74. The Hall–Kier alpha value is -0.940. The van der Waals surface area contributed by atoms with Crippen LogP contribution in [0.25, 0.3) is 0 Å². The van der Waals surface area contributed by atoms with Crippen molar-refractivity contribution in [3.63, 3.8) is 0 Å². The highest BCUT2D eigenvalue weighted by molar-refractivity contribution is 7.13. The number of thiazole rings is 1. The van der Waals surface area contributed by atoms with Crippen LogP contribution in [0.3, 0.4) is 0 Å². The predicted molar refractivity (Wildman–Crippen MR) is 69.5 cm³/mol. The Morgan fingerprint density at radius 2 is 2.29 bits per heavy atom. The van der Waals surface area contributed by atoms with Crippen molar-refractivity contribution in [3.8, 4) is 0 Å². The van der Waals surface area contributed by atoms with Gasteiger partial charge < -0.3 is 10.6 Å². The standard InChI is InChI=1S/C12H19N3OS/c1-12(2,3)11-15-7-9(17-11)10(16)14-6-8-4-13-5-8/h7-8,13H,4-6H2,1-3H3,(H,14,16). The minimum Gasteiger partial charge on any atom is -0.351 e. The zero-order valence-electron chi connectivity index (χ0n) is 10.5. The van der Waals surface area contributed by atoms with Crippen molar-refractivity contribution in [2.24, 2.45) is 5.92 Å². The van der Waals surface area contributed by atoms with Gasteiger partial charge in [-0.1, -0.05) is 20.8 Å². The number of carbonyl (C=O) groups excluding carboxylic acids is 1. The van der Waals surface area contributed by atoms with Gasteiger partial charge in [-0.15, -0.1) is 11.3 Å². The van der Waals surface area contributed by atoms with Gasteiger partial charge in [0, 0.05) is 31.0 Å². The van der Waals surface area contributed by atoms with Crippen LogP contribution in [0.4, 0.5) is 0 Å². The van der Waals surface area contributed by atoms with Crippen LogP contribution in [0.1, 0.15) is 35.5 Å². The molecule has 1 saturated heterocycles. The average Bonchev–Trinajstić information content (AvgIpc) is 2.62. The van der Waals surface area contributed by atoms with Crippen molar-refractivity contribution in [2.75, 3.05) is 19.6 Å². The van der Waals surface area contributed by atoms with E-state index in [0.29, 0.717) is 10.8 Å². The fourth-order valence-electron chi connectivity index (χ4n) is 1.54. The highest BCUT2D eigenvalue weighted by Crippen LogP contribution is 2.26. The van der Waals surface area contributed by atoms with Crippen molar-refractivity contribution in [1.29, 1.82) is 0 Å². The molecule has 5 heteroatoms. The summed E-state index contributed by atoms with van der Waals surface area (Å²) in [5.41, 5.74) is 0.0150. The van der Waals surface area contributed by atoms with Gasteiger partial charge in [0.15, 0.2) is 0 Å². The molecule has 1 fully saturated rings. The van der Waals surface area contributed by atoms with Gasteiger partial charge in [0.25, 0.3) is 5.91 Å². The summed E-state index contributed by atoms with van der Waals surface area (Å²) in [6.07, 6.45) is 1.68. The van der Waals surface area contributed by atoms with Gasteiger partial charge in [-0.25, -0.2) is 4.98 Å². The molecule has 1 aliphatic heterocycles. The molecule has 0 aromatic carbocycles. The molecule has 2 heterocycles. The van der Waals surface area contributed by atoms with Crippen LogP contribution in [-0.2, 0) is 5.41 Å². The van der Waals surface area contributed by atoms with Gasteiger partial charge in [0.1, 0.15) is 4.88 Å². The molecule has 94 valence electrons. The lowest BCUT2D eigenvalue weighted by molar-refractivity contribution is 0.0946. The Kier molecular flexibility index (Phi) is 3.49. The molecule has 0 saturated carbocycles. The van der Waals surface area contributed by atoms with E-state index in [-0.39, 0.29) is 11.3 Å². The summed E-state index contributed by atoms with van der Waals surface area (Å²) < 4.78 is 0. The van der Waals surface area contributed by atoms with Crippen LogP contribution in [0.2, 0.25) is 0 Å². The fourth-order valence-corrected chi connectivity index (χ4v) is 2.43.